The van der Waals surface area contributed by atoms with Crippen molar-refractivity contribution in [2.45, 2.75) is 143 Å². The van der Waals surface area contributed by atoms with E-state index in [4.69, 9.17) is 5.11 Å². The van der Waals surface area contributed by atoms with Crippen molar-refractivity contribution in [1.82, 2.24) is 0 Å². The molecule has 0 fully saturated rings. The molecular formula is C79H94F4O8S4. The van der Waals surface area contributed by atoms with Gasteiger partial charge >= 0.3 is 17.9 Å². The summed E-state index contributed by atoms with van der Waals surface area (Å²) in [6.07, 6.45) is 11.4. The van der Waals surface area contributed by atoms with E-state index in [-0.39, 0.29) is 53.0 Å². The molecule has 0 atom stereocenters. The number of hydrogen-bond donors (Lipinski definition) is 3. The number of carbonyl (C=O) groups excluding carboxylic acids is 2. The number of Topliss-reactive ketones (excluding diaryl/α,β-unsaturated/α-hetero) is 1. The van der Waals surface area contributed by atoms with Crippen molar-refractivity contribution in [1.29, 1.82) is 0 Å². The van der Waals surface area contributed by atoms with E-state index in [0.717, 1.165) is 55.6 Å². The monoisotopic (exact) mass is 1370 g/mol. The smallest absolute Gasteiger partial charge is 0.336 e. The zero-order valence-electron chi connectivity index (χ0n) is 58.5. The van der Waals surface area contributed by atoms with E-state index in [1.807, 2.05) is 184 Å². The fourth-order valence-electron chi connectivity index (χ4n) is 8.91. The molecule has 0 aromatic heterocycles. The Hall–Kier alpha value is -7.89. The summed E-state index contributed by atoms with van der Waals surface area (Å²) in [5, 5.41) is 27.3. The molecular weight excluding hydrogens is 1280 g/mol. The average Bonchev–Trinajstić information content (AvgIpc) is 0.858. The molecule has 0 amide bonds. The SMILES string of the molecule is CC.CC.CC.CC.CSc1c(F)cc(/C=C(/C(=O)O)c2ccccc2)c(C)c1C.CSc1c(F)cc(/C=C(/C(=O)O)c2ccccc2)c(C)c1C.CSc1c(F)cc(C=O)c(C)c1C.CSc1c(F)cc(CC(=O)c2ccccc2)c(C)c1C.O=C(O)Cc1ccccc1. The summed E-state index contributed by atoms with van der Waals surface area (Å²) in [4.78, 5) is 58.5. The Balaban J connectivity index is 0.00000116. The minimum atomic E-state index is -1.03. The summed E-state index contributed by atoms with van der Waals surface area (Å²) in [6.45, 7) is 31.0. The van der Waals surface area contributed by atoms with E-state index in [9.17, 15) is 51.7 Å². The van der Waals surface area contributed by atoms with Gasteiger partial charge in [0.1, 0.15) is 29.6 Å². The highest BCUT2D eigenvalue weighted by molar-refractivity contribution is 7.99. The maximum atomic E-state index is 14.1. The van der Waals surface area contributed by atoms with Gasteiger partial charge in [0, 0.05) is 37.1 Å². The second kappa shape index (κ2) is 47.1. The van der Waals surface area contributed by atoms with Crippen LogP contribution >= 0.6 is 47.0 Å². The van der Waals surface area contributed by atoms with E-state index in [1.165, 1.54) is 83.5 Å². The van der Waals surface area contributed by atoms with E-state index in [0.29, 0.717) is 59.2 Å². The molecule has 8 rings (SSSR count). The minimum Gasteiger partial charge on any atom is -0.481 e. The largest absolute Gasteiger partial charge is 0.481 e. The van der Waals surface area contributed by atoms with Crippen LogP contribution in [0.4, 0.5) is 17.6 Å². The number of ketones is 1. The second-order valence-electron chi connectivity index (χ2n) is 19.6. The molecule has 8 aromatic carbocycles. The predicted octanol–water partition coefficient (Wildman–Crippen LogP) is 22.6. The van der Waals surface area contributed by atoms with Crippen molar-refractivity contribution < 1.29 is 56.9 Å². The number of thioether (sulfide) groups is 4. The van der Waals surface area contributed by atoms with Crippen molar-refractivity contribution >= 4 is 100 Å². The third-order valence-corrected chi connectivity index (χ3v) is 17.9. The number of carboxylic acid groups (broad SMARTS) is 3. The summed E-state index contributed by atoms with van der Waals surface area (Å²) >= 11 is 5.47. The van der Waals surface area contributed by atoms with Crippen LogP contribution < -0.4 is 0 Å². The molecule has 95 heavy (non-hydrogen) atoms. The molecule has 3 N–H and O–H groups in total. The van der Waals surface area contributed by atoms with Gasteiger partial charge in [-0.2, -0.15) is 0 Å². The lowest BCUT2D eigenvalue weighted by atomic mass is 9.96. The summed E-state index contributed by atoms with van der Waals surface area (Å²) in [7, 11) is 0. The number of aliphatic carboxylic acids is 3. The van der Waals surface area contributed by atoms with Crippen LogP contribution in [0.3, 0.4) is 0 Å². The van der Waals surface area contributed by atoms with Crippen molar-refractivity contribution in [2.24, 2.45) is 0 Å². The Morgan fingerprint density at radius 3 is 0.937 bits per heavy atom. The maximum absolute atomic E-state index is 14.1. The first-order valence-electron chi connectivity index (χ1n) is 31.0. The van der Waals surface area contributed by atoms with Gasteiger partial charge in [-0.15, -0.1) is 47.0 Å². The zero-order valence-corrected chi connectivity index (χ0v) is 61.8. The number of rotatable bonds is 16. The Kier molecular flexibility index (Phi) is 43.2. The number of carboxylic acids is 3. The van der Waals surface area contributed by atoms with Crippen LogP contribution in [-0.4, -0.2) is 70.3 Å². The van der Waals surface area contributed by atoms with Gasteiger partial charge in [-0.25, -0.2) is 27.2 Å². The van der Waals surface area contributed by atoms with Crippen LogP contribution in [0, 0.1) is 78.7 Å². The van der Waals surface area contributed by atoms with Crippen LogP contribution in [-0.2, 0) is 27.2 Å². The van der Waals surface area contributed by atoms with Gasteiger partial charge in [0.15, 0.2) is 5.78 Å². The van der Waals surface area contributed by atoms with Crippen LogP contribution in [0.5, 0.6) is 0 Å². The molecule has 0 saturated carbocycles. The normalized spacial score (nSPS) is 10.2. The Morgan fingerprint density at radius 1 is 0.368 bits per heavy atom. The Labute approximate surface area is 579 Å². The molecule has 510 valence electrons. The fourth-order valence-corrected chi connectivity index (χ4v) is 11.8. The number of aldehydes is 1. The molecule has 8 nitrogen and oxygen atoms in total. The molecule has 8 aromatic rings. The van der Waals surface area contributed by atoms with Crippen molar-refractivity contribution in [3.05, 3.63) is 258 Å². The number of hydrogen-bond acceptors (Lipinski definition) is 9. The molecule has 0 aliphatic carbocycles. The molecule has 0 bridgehead atoms. The predicted molar refractivity (Wildman–Crippen MR) is 398 cm³/mol. The van der Waals surface area contributed by atoms with Gasteiger partial charge in [-0.05, 0) is 195 Å². The van der Waals surface area contributed by atoms with Gasteiger partial charge in [-0.1, -0.05) is 177 Å². The lowest BCUT2D eigenvalue weighted by Gasteiger charge is -2.13. The van der Waals surface area contributed by atoms with Gasteiger partial charge in [-0.3, -0.25) is 14.4 Å². The van der Waals surface area contributed by atoms with Crippen molar-refractivity contribution in [3.63, 3.8) is 0 Å². The molecule has 0 aliphatic heterocycles. The Morgan fingerprint density at radius 2 is 0.642 bits per heavy atom. The molecule has 0 heterocycles. The van der Waals surface area contributed by atoms with Crippen LogP contribution in [0.2, 0.25) is 0 Å². The minimum absolute atomic E-state index is 0.0180. The first-order chi connectivity index (χ1) is 45.3. The summed E-state index contributed by atoms with van der Waals surface area (Å²) in [5.41, 5.74) is 12.5. The first kappa shape index (κ1) is 87.1. The topological polar surface area (TPSA) is 146 Å². The van der Waals surface area contributed by atoms with E-state index in [1.54, 1.807) is 72.8 Å². The van der Waals surface area contributed by atoms with Crippen LogP contribution in [0.15, 0.2) is 165 Å². The standard InChI is InChI=1S/2C18H17FO2S.C17H17FOS.C10H11FOS.C8H8O2.4C2H6/c2*1-11-12(2)17(22-3)16(19)10-14(11)9-15(18(20)21)13-7-5-4-6-8-13;1-11-12(2)17(20-3)15(18)9-14(11)10-16(19)13-7-5-4-6-8-13;1-6-7(2)10(13-3)9(11)4-8(6)5-12;9-8(10)6-7-4-2-1-3-5-7;4*1-2/h2*4-10H,1-3H3,(H,20,21);4-9H,10H2,1-3H3;4-5H,1-3H3;1-5H,6H2,(H,9,10);4*1-2H3/b2*15-9+;;;;;;;. The van der Waals surface area contributed by atoms with E-state index in [2.05, 4.69) is 0 Å². The maximum Gasteiger partial charge on any atom is 0.336 e. The highest BCUT2D eigenvalue weighted by Gasteiger charge is 2.19. The molecule has 0 unspecified atom stereocenters. The van der Waals surface area contributed by atoms with Crippen LogP contribution in [0.25, 0.3) is 23.3 Å². The molecule has 0 radical (unpaired) electrons. The van der Waals surface area contributed by atoms with Crippen molar-refractivity contribution in [2.75, 3.05) is 25.0 Å². The number of halogens is 4. The third-order valence-electron chi connectivity index (χ3n) is 14.2. The number of benzene rings is 8. The molecule has 0 aliphatic rings. The van der Waals surface area contributed by atoms with E-state index >= 15 is 0 Å². The van der Waals surface area contributed by atoms with Gasteiger partial charge in [0.25, 0.3) is 0 Å². The summed E-state index contributed by atoms with van der Waals surface area (Å²) in [6, 6.07) is 41.5. The molecule has 16 heteroatoms. The van der Waals surface area contributed by atoms with Gasteiger partial charge in [0.05, 0.1) is 17.6 Å². The summed E-state index contributed by atoms with van der Waals surface area (Å²) < 4.78 is 55.6. The average molecular weight is 1380 g/mol. The quantitative estimate of drug-likeness (QED) is 0.0211. The van der Waals surface area contributed by atoms with Crippen molar-refractivity contribution in [3.8, 4) is 0 Å². The molecule has 0 saturated heterocycles. The highest BCUT2D eigenvalue weighted by atomic mass is 32.2. The lowest BCUT2D eigenvalue weighted by molar-refractivity contribution is -0.136. The number of carbonyl (C=O) groups is 5. The fraction of sp³-hybridized carbons (Fsp3) is 0.278. The van der Waals surface area contributed by atoms with Gasteiger partial charge in [0.2, 0.25) is 0 Å². The van der Waals surface area contributed by atoms with E-state index < -0.39 is 17.9 Å². The third kappa shape index (κ3) is 27.0. The lowest BCUT2D eigenvalue weighted by Crippen LogP contribution is -2.07. The Bertz CT molecular complexity index is 3650. The zero-order chi connectivity index (χ0) is 72.7. The van der Waals surface area contributed by atoms with Gasteiger partial charge < -0.3 is 15.3 Å². The summed E-state index contributed by atoms with van der Waals surface area (Å²) in [5.74, 6) is -4.01. The molecule has 0 spiro atoms. The first-order valence-corrected chi connectivity index (χ1v) is 35.9. The highest BCUT2D eigenvalue weighted by Crippen LogP contribution is 2.34. The van der Waals surface area contributed by atoms with Crippen LogP contribution in [0.1, 0.15) is 154 Å². The second-order valence-corrected chi connectivity index (χ2v) is 22.9.